The highest BCUT2D eigenvalue weighted by molar-refractivity contribution is 6.05. The summed E-state index contributed by atoms with van der Waals surface area (Å²) >= 11 is 0. The van der Waals surface area contributed by atoms with E-state index in [4.69, 9.17) is 4.74 Å². The van der Waals surface area contributed by atoms with Crippen molar-refractivity contribution in [3.05, 3.63) is 76.1 Å². The van der Waals surface area contributed by atoms with Crippen LogP contribution in [-0.4, -0.2) is 76.7 Å². The average Bonchev–Trinajstić information content (AvgIpc) is 3.35. The van der Waals surface area contributed by atoms with Crippen molar-refractivity contribution in [2.45, 2.75) is 0 Å². The molecule has 1 N–H and O–H groups in total. The molecule has 176 valence electrons. The summed E-state index contributed by atoms with van der Waals surface area (Å²) in [5.41, 5.74) is 1.64. The molecule has 0 atom stereocenters. The van der Waals surface area contributed by atoms with E-state index in [9.17, 15) is 19.7 Å². The van der Waals surface area contributed by atoms with Crippen molar-refractivity contribution < 1.29 is 19.2 Å². The maximum Gasteiger partial charge on any atom is 0.269 e. The number of methoxy groups -OCH3 is 1. The summed E-state index contributed by atoms with van der Waals surface area (Å²) in [5.74, 6) is -0.112. The summed E-state index contributed by atoms with van der Waals surface area (Å²) in [6, 6.07) is 10.8. The lowest BCUT2D eigenvalue weighted by molar-refractivity contribution is -0.384. The molecule has 1 aliphatic rings. The Labute approximate surface area is 195 Å². The number of anilines is 1. The number of ether oxygens (including phenoxy) is 1. The van der Waals surface area contributed by atoms with Crippen LogP contribution in [0.15, 0.2) is 54.9 Å². The van der Waals surface area contributed by atoms with Gasteiger partial charge in [-0.05, 0) is 37.4 Å². The predicted octanol–water partition coefficient (Wildman–Crippen LogP) is 2.43. The number of carbonyl (C=O) groups excluding carboxylic acids is 2. The fourth-order valence-corrected chi connectivity index (χ4v) is 3.63. The van der Waals surface area contributed by atoms with Gasteiger partial charge in [0, 0.05) is 50.1 Å². The third-order valence-corrected chi connectivity index (χ3v) is 5.65. The van der Waals surface area contributed by atoms with Gasteiger partial charge >= 0.3 is 0 Å². The molecule has 1 aliphatic heterocycles. The Kier molecular flexibility index (Phi) is 6.55. The number of nitrogens with one attached hydrogen (secondary N) is 1. The molecule has 0 radical (unpaired) electrons. The zero-order valence-corrected chi connectivity index (χ0v) is 18.8. The number of non-ortho nitro benzene ring substituents is 1. The molecule has 0 spiro atoms. The molecule has 34 heavy (non-hydrogen) atoms. The highest BCUT2D eigenvalue weighted by atomic mass is 16.6. The van der Waals surface area contributed by atoms with Crippen molar-refractivity contribution in [3.8, 4) is 11.4 Å². The van der Waals surface area contributed by atoms with Gasteiger partial charge in [-0.25, -0.2) is 4.68 Å². The molecule has 2 amide bonds. The zero-order valence-electron chi connectivity index (χ0n) is 18.8. The topological polar surface area (TPSA) is 123 Å². The van der Waals surface area contributed by atoms with Gasteiger partial charge in [-0.3, -0.25) is 19.7 Å². The molecule has 11 heteroatoms. The van der Waals surface area contributed by atoms with Gasteiger partial charge in [-0.1, -0.05) is 0 Å². The molecule has 1 saturated heterocycles. The number of hydrogen-bond donors (Lipinski definition) is 1. The monoisotopic (exact) mass is 464 g/mol. The largest absolute Gasteiger partial charge is 0.495 e. The van der Waals surface area contributed by atoms with E-state index >= 15 is 0 Å². The van der Waals surface area contributed by atoms with Gasteiger partial charge in [0.15, 0.2) is 0 Å². The van der Waals surface area contributed by atoms with Crippen LogP contribution in [0.25, 0.3) is 5.69 Å². The van der Waals surface area contributed by atoms with Crippen molar-refractivity contribution >= 4 is 23.2 Å². The smallest absolute Gasteiger partial charge is 0.269 e. The SMILES string of the molecule is COc1ccc(C(=O)N2CCN(C)CC2)cc1NC(=O)c1cnn(-c2ccc([N+](=O)[O-])cc2)c1. The average molecular weight is 464 g/mol. The fourth-order valence-electron chi connectivity index (χ4n) is 3.63. The first kappa shape index (κ1) is 22.9. The quantitative estimate of drug-likeness (QED) is 0.439. The van der Waals surface area contributed by atoms with Crippen LogP contribution in [0.1, 0.15) is 20.7 Å². The van der Waals surface area contributed by atoms with Gasteiger partial charge in [0.05, 0.1) is 35.2 Å². The number of likely N-dealkylation sites (N-methyl/N-ethyl adjacent to an activating group) is 1. The van der Waals surface area contributed by atoms with Crippen LogP contribution in [0, 0.1) is 10.1 Å². The highest BCUT2D eigenvalue weighted by Gasteiger charge is 2.22. The van der Waals surface area contributed by atoms with Crippen LogP contribution < -0.4 is 10.1 Å². The number of carbonyl (C=O) groups is 2. The standard InChI is InChI=1S/C23H24N6O5/c1-26-9-11-27(12-10-26)23(31)16-3-8-21(34-2)20(13-16)25-22(30)17-14-24-28(15-17)18-4-6-19(7-5-18)29(32)33/h3-8,13-15H,9-12H2,1-2H3,(H,25,30). The van der Waals surface area contributed by atoms with Gasteiger partial charge in [0.2, 0.25) is 0 Å². The summed E-state index contributed by atoms with van der Waals surface area (Å²) < 4.78 is 6.81. The first-order valence-electron chi connectivity index (χ1n) is 10.6. The van der Waals surface area contributed by atoms with Crippen molar-refractivity contribution in [3.63, 3.8) is 0 Å². The lowest BCUT2D eigenvalue weighted by Crippen LogP contribution is -2.47. The molecule has 0 unspecified atom stereocenters. The second kappa shape index (κ2) is 9.71. The number of benzene rings is 2. The normalized spacial score (nSPS) is 14.0. The Morgan fingerprint density at radius 3 is 2.41 bits per heavy atom. The van der Waals surface area contributed by atoms with Gasteiger partial charge in [-0.15, -0.1) is 0 Å². The minimum Gasteiger partial charge on any atom is -0.495 e. The van der Waals surface area contributed by atoms with Crippen molar-refractivity contribution in [2.75, 3.05) is 45.7 Å². The highest BCUT2D eigenvalue weighted by Crippen LogP contribution is 2.27. The molecule has 1 fully saturated rings. The molecule has 11 nitrogen and oxygen atoms in total. The lowest BCUT2D eigenvalue weighted by Gasteiger charge is -2.32. The summed E-state index contributed by atoms with van der Waals surface area (Å²) in [6.45, 7) is 2.91. The van der Waals surface area contributed by atoms with Crippen LogP contribution in [-0.2, 0) is 0 Å². The predicted molar refractivity (Wildman–Crippen MR) is 125 cm³/mol. The number of nitrogens with zero attached hydrogens (tertiary/aromatic N) is 5. The Hall–Kier alpha value is -4.25. The van der Waals surface area contributed by atoms with E-state index in [2.05, 4.69) is 15.3 Å². The molecule has 0 bridgehead atoms. The molecule has 0 aliphatic carbocycles. The van der Waals surface area contributed by atoms with Crippen LogP contribution in [0.5, 0.6) is 5.75 Å². The first-order chi connectivity index (χ1) is 16.4. The van der Waals surface area contributed by atoms with E-state index in [0.29, 0.717) is 35.8 Å². The van der Waals surface area contributed by atoms with Gasteiger partial charge < -0.3 is 19.9 Å². The summed E-state index contributed by atoms with van der Waals surface area (Å²) in [6.07, 6.45) is 2.91. The molecule has 1 aromatic heterocycles. The van der Waals surface area contributed by atoms with Crippen LogP contribution in [0.2, 0.25) is 0 Å². The zero-order chi connectivity index (χ0) is 24.2. The maximum absolute atomic E-state index is 12.9. The summed E-state index contributed by atoms with van der Waals surface area (Å²) in [7, 11) is 3.51. The number of nitro benzene ring substituents is 1. The summed E-state index contributed by atoms with van der Waals surface area (Å²) in [5, 5.41) is 17.8. The van der Waals surface area contributed by atoms with Crippen molar-refractivity contribution in [2.24, 2.45) is 0 Å². The molecule has 4 rings (SSSR count). The van der Waals surface area contributed by atoms with E-state index in [1.165, 1.54) is 36.3 Å². The number of amides is 2. The lowest BCUT2D eigenvalue weighted by atomic mass is 10.1. The molecular formula is C23H24N6O5. The minimum absolute atomic E-state index is 0.0352. The number of piperazine rings is 1. The van der Waals surface area contributed by atoms with Gasteiger partial charge in [0.1, 0.15) is 5.75 Å². The van der Waals surface area contributed by atoms with Gasteiger partial charge in [0.25, 0.3) is 17.5 Å². The van der Waals surface area contributed by atoms with Crippen LogP contribution >= 0.6 is 0 Å². The molecule has 2 heterocycles. The van der Waals surface area contributed by atoms with E-state index in [-0.39, 0.29) is 17.2 Å². The number of rotatable bonds is 6. The van der Waals surface area contributed by atoms with Gasteiger partial charge in [-0.2, -0.15) is 5.10 Å². The number of nitro groups is 1. The third kappa shape index (κ3) is 4.89. The number of aromatic nitrogens is 2. The first-order valence-corrected chi connectivity index (χ1v) is 10.6. The summed E-state index contributed by atoms with van der Waals surface area (Å²) in [4.78, 5) is 40.1. The van der Waals surface area contributed by atoms with E-state index in [1.807, 2.05) is 7.05 Å². The van der Waals surface area contributed by atoms with Crippen molar-refractivity contribution in [1.29, 1.82) is 0 Å². The minimum atomic E-state index is -0.484. The molecular weight excluding hydrogens is 440 g/mol. The van der Waals surface area contributed by atoms with Crippen LogP contribution in [0.3, 0.4) is 0 Å². The number of hydrogen-bond acceptors (Lipinski definition) is 7. The Morgan fingerprint density at radius 1 is 1.06 bits per heavy atom. The van der Waals surface area contributed by atoms with E-state index in [0.717, 1.165) is 13.1 Å². The van der Waals surface area contributed by atoms with Crippen LogP contribution in [0.4, 0.5) is 11.4 Å². The van der Waals surface area contributed by atoms with E-state index in [1.54, 1.807) is 35.2 Å². The Morgan fingerprint density at radius 2 is 1.76 bits per heavy atom. The molecule has 2 aromatic carbocycles. The third-order valence-electron chi connectivity index (χ3n) is 5.65. The molecule has 3 aromatic rings. The second-order valence-corrected chi connectivity index (χ2v) is 7.91. The maximum atomic E-state index is 12.9. The Balaban J connectivity index is 1.50. The van der Waals surface area contributed by atoms with Crippen molar-refractivity contribution in [1.82, 2.24) is 19.6 Å². The van der Waals surface area contributed by atoms with E-state index < -0.39 is 10.8 Å². The Bertz CT molecular complexity index is 1210. The fraction of sp³-hybridized carbons (Fsp3) is 0.261. The molecule has 0 saturated carbocycles. The second-order valence-electron chi connectivity index (χ2n) is 7.91.